The van der Waals surface area contributed by atoms with E-state index in [1.165, 1.54) is 12.1 Å². The van der Waals surface area contributed by atoms with Gasteiger partial charge in [0, 0.05) is 12.1 Å². The Hall–Kier alpha value is -2.00. The molecule has 0 saturated heterocycles. The van der Waals surface area contributed by atoms with Crippen molar-refractivity contribution in [3.63, 3.8) is 0 Å². The van der Waals surface area contributed by atoms with Crippen LogP contribution in [0.1, 0.15) is 26.2 Å². The van der Waals surface area contributed by atoms with Crippen LogP contribution in [0.25, 0.3) is 0 Å². The number of nitro groups is 1. The molecule has 0 spiro atoms. The van der Waals surface area contributed by atoms with Crippen LogP contribution < -0.4 is 4.72 Å². The van der Waals surface area contributed by atoms with Gasteiger partial charge in [0.2, 0.25) is 10.0 Å². The van der Waals surface area contributed by atoms with Crippen LogP contribution in [0.3, 0.4) is 0 Å². The first-order valence-corrected chi connectivity index (χ1v) is 7.76. The molecule has 21 heavy (non-hydrogen) atoms. The summed E-state index contributed by atoms with van der Waals surface area (Å²) in [6, 6.07) is 3.20. The van der Waals surface area contributed by atoms with Gasteiger partial charge in [-0.1, -0.05) is 25.8 Å². The molecule has 0 bridgehead atoms. The van der Waals surface area contributed by atoms with Crippen LogP contribution in [0.4, 0.5) is 5.69 Å². The molecule has 2 N–H and O–H groups in total. The maximum Gasteiger partial charge on any atom is 0.321 e. The number of carboxylic acid groups (broad SMARTS) is 1. The van der Waals surface area contributed by atoms with Gasteiger partial charge in [0.25, 0.3) is 5.69 Å². The van der Waals surface area contributed by atoms with Gasteiger partial charge in [-0.15, -0.1) is 0 Å². The fourth-order valence-corrected chi connectivity index (χ4v) is 2.92. The van der Waals surface area contributed by atoms with Crippen molar-refractivity contribution < 1.29 is 23.2 Å². The molecule has 9 heteroatoms. The topological polar surface area (TPSA) is 127 Å². The zero-order chi connectivity index (χ0) is 16.0. The van der Waals surface area contributed by atoms with Crippen LogP contribution in [0.15, 0.2) is 29.2 Å². The van der Waals surface area contributed by atoms with Crippen molar-refractivity contribution in [3.05, 3.63) is 34.4 Å². The molecule has 1 aromatic carbocycles. The minimum atomic E-state index is -4.13. The lowest BCUT2D eigenvalue weighted by atomic mass is 10.1. The van der Waals surface area contributed by atoms with Crippen molar-refractivity contribution in [1.29, 1.82) is 0 Å². The lowest BCUT2D eigenvalue weighted by Crippen LogP contribution is -2.40. The molecule has 1 rings (SSSR count). The minimum Gasteiger partial charge on any atom is -0.480 e. The lowest BCUT2D eigenvalue weighted by Gasteiger charge is -2.14. The van der Waals surface area contributed by atoms with Crippen LogP contribution in [0, 0.1) is 10.1 Å². The number of benzene rings is 1. The van der Waals surface area contributed by atoms with E-state index in [1.807, 2.05) is 6.92 Å². The number of nitro benzene ring substituents is 1. The smallest absolute Gasteiger partial charge is 0.321 e. The van der Waals surface area contributed by atoms with Crippen LogP contribution >= 0.6 is 0 Å². The summed E-state index contributed by atoms with van der Waals surface area (Å²) in [5.41, 5.74) is -0.377. The molecule has 0 aliphatic heterocycles. The summed E-state index contributed by atoms with van der Waals surface area (Å²) in [6.45, 7) is 1.86. The summed E-state index contributed by atoms with van der Waals surface area (Å²) in [6.07, 6.45) is 1.43. The van der Waals surface area contributed by atoms with Crippen molar-refractivity contribution in [2.24, 2.45) is 0 Å². The summed E-state index contributed by atoms with van der Waals surface area (Å²) < 4.78 is 26.2. The van der Waals surface area contributed by atoms with Gasteiger partial charge in [-0.25, -0.2) is 8.42 Å². The van der Waals surface area contributed by atoms with E-state index in [4.69, 9.17) is 5.11 Å². The quantitative estimate of drug-likeness (QED) is 0.553. The third kappa shape index (κ3) is 4.80. The highest BCUT2D eigenvalue weighted by Crippen LogP contribution is 2.18. The van der Waals surface area contributed by atoms with Gasteiger partial charge in [0.1, 0.15) is 6.04 Å². The molecule has 0 aliphatic rings. The summed E-state index contributed by atoms with van der Waals surface area (Å²) >= 11 is 0. The molecule has 0 amide bonds. The summed E-state index contributed by atoms with van der Waals surface area (Å²) in [4.78, 5) is 20.7. The number of nitrogens with zero attached hydrogens (tertiary/aromatic N) is 1. The molecule has 0 fully saturated rings. The second-order valence-corrected chi connectivity index (χ2v) is 6.12. The number of non-ortho nitro benzene ring substituents is 1. The van der Waals surface area contributed by atoms with Gasteiger partial charge in [-0.05, 0) is 12.5 Å². The highest BCUT2D eigenvalue weighted by molar-refractivity contribution is 7.89. The Morgan fingerprint density at radius 3 is 2.67 bits per heavy atom. The number of carbonyl (C=O) groups is 1. The molecule has 1 aromatic rings. The average molecular weight is 316 g/mol. The van der Waals surface area contributed by atoms with Crippen molar-refractivity contribution in [1.82, 2.24) is 4.72 Å². The molecule has 8 nitrogen and oxygen atoms in total. The monoisotopic (exact) mass is 316 g/mol. The number of hydrogen-bond donors (Lipinski definition) is 2. The Labute approximate surface area is 122 Å². The molecular formula is C12H16N2O6S. The number of unbranched alkanes of at least 4 members (excludes halogenated alkanes) is 1. The molecule has 116 valence electrons. The van der Waals surface area contributed by atoms with Crippen molar-refractivity contribution in [2.75, 3.05) is 0 Å². The Bertz CT molecular complexity index is 628. The van der Waals surface area contributed by atoms with Crippen molar-refractivity contribution >= 4 is 21.7 Å². The highest BCUT2D eigenvalue weighted by Gasteiger charge is 2.25. The van der Waals surface area contributed by atoms with Crippen molar-refractivity contribution in [3.8, 4) is 0 Å². The minimum absolute atomic E-state index is 0.153. The largest absolute Gasteiger partial charge is 0.480 e. The summed E-state index contributed by atoms with van der Waals surface area (Å²) in [5.74, 6) is -1.28. The van der Waals surface area contributed by atoms with Crippen LogP contribution in [0.5, 0.6) is 0 Å². The molecule has 0 radical (unpaired) electrons. The number of sulfonamides is 1. The van der Waals surface area contributed by atoms with Gasteiger partial charge in [-0.2, -0.15) is 4.72 Å². The van der Waals surface area contributed by atoms with Crippen LogP contribution in [0.2, 0.25) is 0 Å². The lowest BCUT2D eigenvalue weighted by molar-refractivity contribution is -0.385. The Morgan fingerprint density at radius 2 is 2.14 bits per heavy atom. The van der Waals surface area contributed by atoms with Gasteiger partial charge < -0.3 is 5.11 Å². The average Bonchev–Trinajstić information content (AvgIpc) is 2.43. The fraction of sp³-hybridized carbons (Fsp3) is 0.417. The first kappa shape index (κ1) is 17.1. The molecule has 0 saturated carbocycles. The molecule has 0 aliphatic carbocycles. The zero-order valence-corrected chi connectivity index (χ0v) is 12.2. The standard InChI is InChI=1S/C12H16N2O6S/c1-2-3-7-11(12(15)16)13-21(19,20)10-6-4-5-9(8-10)14(17)18/h4-6,8,11,13H,2-3,7H2,1H3,(H,15,16)/t11-/m0/s1. The Balaban J connectivity index is 3.01. The number of hydrogen-bond acceptors (Lipinski definition) is 5. The summed E-state index contributed by atoms with van der Waals surface area (Å²) in [7, 11) is -4.13. The van der Waals surface area contributed by atoms with Crippen LogP contribution in [-0.4, -0.2) is 30.5 Å². The normalized spacial score (nSPS) is 12.8. The first-order valence-electron chi connectivity index (χ1n) is 6.27. The summed E-state index contributed by atoms with van der Waals surface area (Å²) in [5, 5.41) is 19.7. The predicted molar refractivity (Wildman–Crippen MR) is 74.4 cm³/mol. The van der Waals surface area contributed by atoms with Crippen LogP contribution in [-0.2, 0) is 14.8 Å². The molecule has 0 unspecified atom stereocenters. The number of nitrogens with one attached hydrogen (secondary N) is 1. The Morgan fingerprint density at radius 1 is 1.48 bits per heavy atom. The third-order valence-corrected chi connectivity index (χ3v) is 4.25. The van der Waals surface area contributed by atoms with E-state index < -0.39 is 27.0 Å². The first-order chi connectivity index (χ1) is 9.77. The Kier molecular flexibility index (Phi) is 5.79. The van der Waals surface area contributed by atoms with E-state index in [2.05, 4.69) is 4.72 Å². The van der Waals surface area contributed by atoms with Gasteiger partial charge >= 0.3 is 5.97 Å². The maximum absolute atomic E-state index is 12.1. The molecule has 0 heterocycles. The number of carboxylic acids is 1. The number of aliphatic carboxylic acids is 1. The second-order valence-electron chi connectivity index (χ2n) is 4.41. The second kappa shape index (κ2) is 7.14. The van der Waals surface area contributed by atoms with Gasteiger partial charge in [-0.3, -0.25) is 14.9 Å². The predicted octanol–water partition coefficient (Wildman–Crippen LogP) is 1.52. The maximum atomic E-state index is 12.1. The van der Waals surface area contributed by atoms with E-state index in [0.717, 1.165) is 18.6 Å². The third-order valence-electron chi connectivity index (χ3n) is 2.78. The van der Waals surface area contributed by atoms with E-state index in [-0.39, 0.29) is 17.0 Å². The van der Waals surface area contributed by atoms with Gasteiger partial charge in [0.15, 0.2) is 0 Å². The fourth-order valence-electron chi connectivity index (χ4n) is 1.66. The van der Waals surface area contributed by atoms with E-state index in [9.17, 15) is 23.3 Å². The van der Waals surface area contributed by atoms with E-state index >= 15 is 0 Å². The number of rotatable bonds is 8. The SMILES string of the molecule is CCCC[C@H](NS(=O)(=O)c1cccc([N+](=O)[O-])c1)C(=O)O. The van der Waals surface area contributed by atoms with Crippen molar-refractivity contribution in [2.45, 2.75) is 37.1 Å². The highest BCUT2D eigenvalue weighted by atomic mass is 32.2. The van der Waals surface area contributed by atoms with Gasteiger partial charge in [0.05, 0.1) is 9.82 Å². The molecule has 1 atom stereocenters. The van der Waals surface area contributed by atoms with E-state index in [1.54, 1.807) is 0 Å². The zero-order valence-electron chi connectivity index (χ0n) is 11.4. The molecule has 0 aromatic heterocycles. The molecular weight excluding hydrogens is 300 g/mol. The van der Waals surface area contributed by atoms with E-state index in [0.29, 0.717) is 6.42 Å².